The van der Waals surface area contributed by atoms with Crippen molar-refractivity contribution in [3.63, 3.8) is 0 Å². The molecule has 10 heteroatoms. The Morgan fingerprint density at radius 1 is 1.05 bits per heavy atom. The molecule has 3 rings (SSSR count). The lowest BCUT2D eigenvalue weighted by molar-refractivity contribution is -0.141. The van der Waals surface area contributed by atoms with Crippen LogP contribution in [0.4, 0.5) is 5.69 Å². The Morgan fingerprint density at radius 2 is 1.74 bits per heavy atom. The van der Waals surface area contributed by atoms with Crippen LogP contribution in [0.5, 0.6) is 11.5 Å². The van der Waals surface area contributed by atoms with Crippen LogP contribution in [0.2, 0.25) is 0 Å². The van der Waals surface area contributed by atoms with Crippen LogP contribution in [0.15, 0.2) is 42.5 Å². The van der Waals surface area contributed by atoms with Crippen LogP contribution in [0.3, 0.4) is 0 Å². The fourth-order valence-corrected chi connectivity index (χ4v) is 5.46. The van der Waals surface area contributed by atoms with Crippen LogP contribution in [0, 0.1) is 12.8 Å². The first kappa shape index (κ1) is 30.3. The van der Waals surface area contributed by atoms with Crippen molar-refractivity contribution in [1.82, 2.24) is 10.2 Å². The maximum Gasteiger partial charge on any atom is 0.242 e. The zero-order valence-electron chi connectivity index (χ0n) is 23.6. The molecule has 2 aromatic rings. The van der Waals surface area contributed by atoms with Crippen LogP contribution < -0.4 is 19.1 Å². The highest BCUT2D eigenvalue weighted by Gasteiger charge is 2.29. The molecule has 0 saturated heterocycles. The second kappa shape index (κ2) is 13.7. The van der Waals surface area contributed by atoms with E-state index in [1.165, 1.54) is 4.31 Å². The summed E-state index contributed by atoms with van der Waals surface area (Å²) in [5, 5.41) is 2.97. The molecule has 0 fully saturated rings. The molecular formula is C29H41N3O6S. The second-order valence-electron chi connectivity index (χ2n) is 10.3. The summed E-state index contributed by atoms with van der Waals surface area (Å²) < 4.78 is 37.8. The maximum atomic E-state index is 13.6. The molecule has 0 spiro atoms. The summed E-state index contributed by atoms with van der Waals surface area (Å²) in [6.07, 6.45) is 1.99. The predicted octanol–water partition coefficient (Wildman–Crippen LogP) is 3.89. The lowest BCUT2D eigenvalue weighted by Gasteiger charge is -2.32. The lowest BCUT2D eigenvalue weighted by atomic mass is 10.0. The average Bonchev–Trinajstić information content (AvgIpc) is 2.89. The number of nitrogens with one attached hydrogen (secondary N) is 1. The summed E-state index contributed by atoms with van der Waals surface area (Å²) >= 11 is 0. The molecule has 0 aliphatic carbocycles. The van der Waals surface area contributed by atoms with Gasteiger partial charge in [-0.05, 0) is 48.9 Å². The number of nitrogens with zero attached hydrogens (tertiary/aromatic N) is 2. The van der Waals surface area contributed by atoms with Crippen molar-refractivity contribution in [1.29, 1.82) is 0 Å². The van der Waals surface area contributed by atoms with Gasteiger partial charge in [-0.3, -0.25) is 13.9 Å². The van der Waals surface area contributed by atoms with Crippen LogP contribution in [0.1, 0.15) is 51.2 Å². The van der Waals surface area contributed by atoms with Gasteiger partial charge in [0.05, 0.1) is 11.9 Å². The summed E-state index contributed by atoms with van der Waals surface area (Å²) in [5.41, 5.74) is 2.45. The number of hydrogen-bond donors (Lipinski definition) is 1. The smallest absolute Gasteiger partial charge is 0.242 e. The van der Waals surface area contributed by atoms with Crippen molar-refractivity contribution >= 4 is 27.5 Å². The Hall–Kier alpha value is -3.27. The van der Waals surface area contributed by atoms with E-state index in [0.29, 0.717) is 49.9 Å². The van der Waals surface area contributed by atoms with Gasteiger partial charge in [-0.15, -0.1) is 0 Å². The number of carbonyl (C=O) groups excluding carboxylic acids is 2. The molecule has 1 heterocycles. The van der Waals surface area contributed by atoms with E-state index in [4.69, 9.17) is 9.47 Å². The Bertz CT molecular complexity index is 1250. The second-order valence-corrected chi connectivity index (χ2v) is 12.2. The number of hydrogen-bond acceptors (Lipinski definition) is 6. The average molecular weight is 560 g/mol. The first-order valence-electron chi connectivity index (χ1n) is 13.5. The fraction of sp³-hybridized carbons (Fsp3) is 0.517. The van der Waals surface area contributed by atoms with E-state index in [1.807, 2.05) is 52.0 Å². The molecule has 1 unspecified atom stereocenters. The van der Waals surface area contributed by atoms with E-state index >= 15 is 0 Å². The minimum atomic E-state index is -3.62. The molecule has 1 aliphatic rings. The first-order valence-corrected chi connectivity index (χ1v) is 15.3. The van der Waals surface area contributed by atoms with Gasteiger partial charge in [0.15, 0.2) is 11.5 Å². The van der Waals surface area contributed by atoms with Crippen molar-refractivity contribution in [3.05, 3.63) is 53.6 Å². The molecule has 0 bridgehead atoms. The molecule has 0 saturated carbocycles. The zero-order valence-corrected chi connectivity index (χ0v) is 24.4. The number of benzene rings is 2. The third-order valence-electron chi connectivity index (χ3n) is 6.64. The van der Waals surface area contributed by atoms with Gasteiger partial charge < -0.3 is 19.7 Å². The summed E-state index contributed by atoms with van der Waals surface area (Å²) in [6.45, 7) is 9.69. The topological polar surface area (TPSA) is 105 Å². The summed E-state index contributed by atoms with van der Waals surface area (Å²) in [4.78, 5) is 28.3. The molecule has 0 radical (unpaired) electrons. The SMILES string of the molecule is CCC(C(=O)NCC(C)C)N(Cc1ccccc1C)C(=O)CCCN(c1ccc2c(c1)OCCO2)S(C)(=O)=O. The van der Waals surface area contributed by atoms with Crippen LogP contribution in [-0.4, -0.2) is 63.7 Å². The van der Waals surface area contributed by atoms with Gasteiger partial charge in [-0.2, -0.15) is 0 Å². The molecule has 214 valence electrons. The van der Waals surface area contributed by atoms with Crippen LogP contribution in [-0.2, 0) is 26.2 Å². The van der Waals surface area contributed by atoms with Crippen molar-refractivity contribution in [2.75, 3.05) is 36.9 Å². The van der Waals surface area contributed by atoms with Gasteiger partial charge in [0.2, 0.25) is 21.8 Å². The largest absolute Gasteiger partial charge is 0.486 e. The summed E-state index contributed by atoms with van der Waals surface area (Å²) in [5.74, 6) is 0.977. The molecule has 1 atom stereocenters. The molecule has 1 aliphatic heterocycles. The van der Waals surface area contributed by atoms with Gasteiger partial charge in [0.1, 0.15) is 19.3 Å². The number of sulfonamides is 1. The number of anilines is 1. The van der Waals surface area contributed by atoms with E-state index in [1.54, 1.807) is 23.1 Å². The number of amides is 2. The number of carbonyl (C=O) groups is 2. The quantitative estimate of drug-likeness (QED) is 0.399. The van der Waals surface area contributed by atoms with Crippen molar-refractivity contribution in [2.24, 2.45) is 5.92 Å². The molecule has 39 heavy (non-hydrogen) atoms. The van der Waals surface area contributed by atoms with Crippen molar-refractivity contribution < 1.29 is 27.5 Å². The molecule has 0 aromatic heterocycles. The number of ether oxygens (including phenoxy) is 2. The van der Waals surface area contributed by atoms with E-state index in [0.717, 1.165) is 17.4 Å². The van der Waals surface area contributed by atoms with E-state index in [2.05, 4.69) is 5.32 Å². The van der Waals surface area contributed by atoms with E-state index in [9.17, 15) is 18.0 Å². The van der Waals surface area contributed by atoms with Gasteiger partial charge in [-0.1, -0.05) is 45.0 Å². The number of fused-ring (bicyclic) bond motifs is 1. The monoisotopic (exact) mass is 559 g/mol. The van der Waals surface area contributed by atoms with Crippen LogP contribution in [0.25, 0.3) is 0 Å². The zero-order chi connectivity index (χ0) is 28.6. The lowest BCUT2D eigenvalue weighted by Crippen LogP contribution is -2.49. The van der Waals surface area contributed by atoms with E-state index in [-0.39, 0.29) is 37.1 Å². The normalized spacial score (nSPS) is 13.6. The van der Waals surface area contributed by atoms with Gasteiger partial charge in [0.25, 0.3) is 0 Å². The molecular weight excluding hydrogens is 518 g/mol. The molecule has 2 aromatic carbocycles. The third kappa shape index (κ3) is 8.36. The Labute approximate surface area is 232 Å². The van der Waals surface area contributed by atoms with Gasteiger partial charge in [0, 0.05) is 32.1 Å². The van der Waals surface area contributed by atoms with E-state index < -0.39 is 16.1 Å². The highest BCUT2D eigenvalue weighted by atomic mass is 32.2. The fourth-order valence-electron chi connectivity index (χ4n) is 4.50. The minimum Gasteiger partial charge on any atom is -0.486 e. The minimum absolute atomic E-state index is 0.0937. The predicted molar refractivity (Wildman–Crippen MR) is 153 cm³/mol. The maximum absolute atomic E-state index is 13.6. The summed E-state index contributed by atoms with van der Waals surface area (Å²) in [7, 11) is -3.62. The Morgan fingerprint density at radius 3 is 2.38 bits per heavy atom. The molecule has 2 amide bonds. The Balaban J connectivity index is 1.77. The van der Waals surface area contributed by atoms with Crippen molar-refractivity contribution in [2.45, 2.75) is 59.5 Å². The number of rotatable bonds is 13. The van der Waals surface area contributed by atoms with Gasteiger partial charge >= 0.3 is 0 Å². The standard InChI is InChI=1S/C29H41N3O6S/c1-6-25(29(34)30-19-21(2)3)31(20-23-11-8-7-10-22(23)4)28(33)12-9-15-32(39(5,35)36)24-13-14-26-27(18-24)38-17-16-37-26/h7-8,10-11,13-14,18,21,25H,6,9,12,15-17,19-20H2,1-5H3,(H,30,34). The van der Waals surface area contributed by atoms with Crippen molar-refractivity contribution in [3.8, 4) is 11.5 Å². The highest BCUT2D eigenvalue weighted by molar-refractivity contribution is 7.92. The van der Waals surface area contributed by atoms with Gasteiger partial charge in [-0.25, -0.2) is 8.42 Å². The Kier molecular flexibility index (Phi) is 10.6. The third-order valence-corrected chi connectivity index (χ3v) is 7.83. The summed E-state index contributed by atoms with van der Waals surface area (Å²) in [6, 6.07) is 12.2. The first-order chi connectivity index (χ1) is 18.5. The highest BCUT2D eigenvalue weighted by Crippen LogP contribution is 2.34. The molecule has 1 N–H and O–H groups in total. The molecule has 9 nitrogen and oxygen atoms in total. The number of aryl methyl sites for hydroxylation is 1. The van der Waals surface area contributed by atoms with Crippen LogP contribution >= 0.6 is 0 Å².